The Balaban J connectivity index is 1.68. The summed E-state index contributed by atoms with van der Waals surface area (Å²) in [6.45, 7) is 2.72. The molecule has 0 saturated carbocycles. The van der Waals surface area contributed by atoms with Crippen molar-refractivity contribution in [3.05, 3.63) is 36.2 Å². The lowest BCUT2D eigenvalue weighted by Crippen LogP contribution is -2.33. The fraction of sp³-hybridized carbons (Fsp3) is 0.375. The molecule has 0 spiro atoms. The van der Waals surface area contributed by atoms with Crippen molar-refractivity contribution in [1.29, 1.82) is 0 Å². The van der Waals surface area contributed by atoms with E-state index in [4.69, 9.17) is 10.9 Å². The van der Waals surface area contributed by atoms with E-state index in [1.165, 1.54) is 0 Å². The van der Waals surface area contributed by atoms with Crippen LogP contribution in [0.25, 0.3) is 11.4 Å². The van der Waals surface area contributed by atoms with Gasteiger partial charge in [-0.15, -0.1) is 6.42 Å². The van der Waals surface area contributed by atoms with E-state index in [9.17, 15) is 0 Å². The van der Waals surface area contributed by atoms with Crippen LogP contribution in [-0.4, -0.2) is 34.7 Å². The lowest BCUT2D eigenvalue weighted by atomic mass is 9.97. The van der Waals surface area contributed by atoms with E-state index < -0.39 is 0 Å². The molecule has 0 radical (unpaired) electrons. The lowest BCUT2D eigenvalue weighted by molar-refractivity contribution is 0.212. The summed E-state index contributed by atoms with van der Waals surface area (Å²) in [5.41, 5.74) is 0.993. The van der Waals surface area contributed by atoms with Gasteiger partial charge in [-0.2, -0.15) is 4.98 Å². The zero-order chi connectivity index (χ0) is 13.8. The summed E-state index contributed by atoms with van der Waals surface area (Å²) in [5.74, 6) is 4.47. The summed E-state index contributed by atoms with van der Waals surface area (Å²) in [7, 11) is 0. The van der Waals surface area contributed by atoms with Gasteiger partial charge >= 0.3 is 0 Å². The maximum absolute atomic E-state index is 5.43. The van der Waals surface area contributed by atoms with Crippen molar-refractivity contribution in [2.24, 2.45) is 0 Å². The minimum atomic E-state index is 0.356. The number of nitrogens with zero attached hydrogens (tertiary/aromatic N) is 3. The number of hydrogen-bond acceptors (Lipinski definition) is 4. The molecule has 0 unspecified atom stereocenters. The minimum absolute atomic E-state index is 0.356. The second kappa shape index (κ2) is 5.89. The topological polar surface area (TPSA) is 42.2 Å². The van der Waals surface area contributed by atoms with E-state index >= 15 is 0 Å². The molecule has 0 amide bonds. The molecule has 1 aromatic carbocycles. The Morgan fingerprint density at radius 2 is 2.00 bits per heavy atom. The number of likely N-dealkylation sites (tertiary alicyclic amines) is 1. The molecule has 1 saturated heterocycles. The van der Waals surface area contributed by atoms with Crippen LogP contribution in [-0.2, 0) is 0 Å². The van der Waals surface area contributed by atoms with Crippen LogP contribution in [0, 0.1) is 12.3 Å². The minimum Gasteiger partial charge on any atom is -0.339 e. The monoisotopic (exact) mass is 267 g/mol. The first kappa shape index (κ1) is 12.9. The van der Waals surface area contributed by atoms with Crippen LogP contribution >= 0.6 is 0 Å². The molecular formula is C16H17N3O. The predicted molar refractivity (Wildman–Crippen MR) is 77.0 cm³/mol. The Bertz CT molecular complexity index is 592. The second-order valence-electron chi connectivity index (χ2n) is 5.08. The zero-order valence-corrected chi connectivity index (χ0v) is 11.3. The van der Waals surface area contributed by atoms with E-state index in [1.54, 1.807) is 0 Å². The molecule has 1 fully saturated rings. The Morgan fingerprint density at radius 1 is 1.25 bits per heavy atom. The number of aromatic nitrogens is 2. The van der Waals surface area contributed by atoms with Gasteiger partial charge in [0.05, 0.1) is 6.54 Å². The molecule has 0 aliphatic carbocycles. The number of rotatable bonds is 3. The van der Waals surface area contributed by atoms with Gasteiger partial charge in [-0.1, -0.05) is 41.4 Å². The van der Waals surface area contributed by atoms with E-state index in [1.807, 2.05) is 30.3 Å². The fourth-order valence-electron chi connectivity index (χ4n) is 2.57. The van der Waals surface area contributed by atoms with Crippen molar-refractivity contribution in [1.82, 2.24) is 15.0 Å². The summed E-state index contributed by atoms with van der Waals surface area (Å²) in [5, 5.41) is 4.08. The van der Waals surface area contributed by atoms with Crippen molar-refractivity contribution < 1.29 is 4.52 Å². The van der Waals surface area contributed by atoms with Crippen molar-refractivity contribution >= 4 is 0 Å². The molecule has 0 N–H and O–H groups in total. The third-order valence-electron chi connectivity index (χ3n) is 3.73. The first-order chi connectivity index (χ1) is 9.86. The van der Waals surface area contributed by atoms with E-state index in [0.29, 0.717) is 11.7 Å². The Labute approximate surface area is 118 Å². The van der Waals surface area contributed by atoms with E-state index in [0.717, 1.165) is 43.9 Å². The highest BCUT2D eigenvalue weighted by Gasteiger charge is 2.24. The molecular weight excluding hydrogens is 250 g/mol. The van der Waals surface area contributed by atoms with Gasteiger partial charge in [-0.3, -0.25) is 4.90 Å². The average molecular weight is 267 g/mol. The largest absolute Gasteiger partial charge is 0.339 e. The summed E-state index contributed by atoms with van der Waals surface area (Å²) >= 11 is 0. The van der Waals surface area contributed by atoms with Gasteiger partial charge in [0, 0.05) is 11.5 Å². The third-order valence-corrected chi connectivity index (χ3v) is 3.73. The Hall–Kier alpha value is -2.12. The van der Waals surface area contributed by atoms with Crippen molar-refractivity contribution in [2.75, 3.05) is 19.6 Å². The molecule has 2 aromatic rings. The summed E-state index contributed by atoms with van der Waals surface area (Å²) < 4.78 is 5.43. The van der Waals surface area contributed by atoms with Gasteiger partial charge in [0.25, 0.3) is 0 Å². The first-order valence-electron chi connectivity index (χ1n) is 6.91. The molecule has 0 atom stereocenters. The highest BCUT2D eigenvalue weighted by molar-refractivity contribution is 5.53. The molecule has 4 nitrogen and oxygen atoms in total. The lowest BCUT2D eigenvalue weighted by Gasteiger charge is -2.28. The van der Waals surface area contributed by atoms with Crippen LogP contribution in [0.15, 0.2) is 34.9 Å². The molecule has 3 rings (SSSR count). The van der Waals surface area contributed by atoms with Gasteiger partial charge in [0.15, 0.2) is 0 Å². The average Bonchev–Trinajstić information content (AvgIpc) is 2.99. The first-order valence-corrected chi connectivity index (χ1v) is 6.91. The number of hydrogen-bond donors (Lipinski definition) is 0. The van der Waals surface area contributed by atoms with Gasteiger partial charge < -0.3 is 4.52 Å². The molecule has 102 valence electrons. The molecule has 20 heavy (non-hydrogen) atoms. The predicted octanol–water partition coefficient (Wildman–Crippen LogP) is 2.55. The SMILES string of the molecule is C#CCN1CCC(c2nc(-c3ccccc3)no2)CC1. The maximum atomic E-state index is 5.43. The van der Waals surface area contributed by atoms with Crippen molar-refractivity contribution in [2.45, 2.75) is 18.8 Å². The maximum Gasteiger partial charge on any atom is 0.230 e. The molecule has 1 aliphatic rings. The van der Waals surface area contributed by atoms with Gasteiger partial charge in [0.2, 0.25) is 11.7 Å². The quantitative estimate of drug-likeness (QED) is 0.801. The second-order valence-corrected chi connectivity index (χ2v) is 5.08. The normalized spacial score (nSPS) is 16.9. The summed E-state index contributed by atoms with van der Waals surface area (Å²) in [4.78, 5) is 6.82. The van der Waals surface area contributed by atoms with Gasteiger partial charge in [-0.05, 0) is 25.9 Å². The Morgan fingerprint density at radius 3 is 2.70 bits per heavy atom. The van der Waals surface area contributed by atoms with Crippen molar-refractivity contribution in [3.8, 4) is 23.7 Å². The molecule has 0 bridgehead atoms. The molecule has 1 aromatic heterocycles. The van der Waals surface area contributed by atoms with Gasteiger partial charge in [-0.25, -0.2) is 0 Å². The van der Waals surface area contributed by atoms with Crippen molar-refractivity contribution in [3.63, 3.8) is 0 Å². The number of benzene rings is 1. The van der Waals surface area contributed by atoms with E-state index in [-0.39, 0.29) is 0 Å². The molecule has 4 heteroatoms. The van der Waals surface area contributed by atoms with Crippen LogP contribution in [0.2, 0.25) is 0 Å². The smallest absolute Gasteiger partial charge is 0.230 e. The van der Waals surface area contributed by atoms with Gasteiger partial charge in [0.1, 0.15) is 0 Å². The highest BCUT2D eigenvalue weighted by atomic mass is 16.5. The molecule has 2 heterocycles. The van der Waals surface area contributed by atoms with Crippen LogP contribution < -0.4 is 0 Å². The van der Waals surface area contributed by atoms with Crippen LogP contribution in [0.1, 0.15) is 24.7 Å². The van der Waals surface area contributed by atoms with Crippen LogP contribution in [0.3, 0.4) is 0 Å². The zero-order valence-electron chi connectivity index (χ0n) is 11.3. The summed E-state index contributed by atoms with van der Waals surface area (Å²) in [6.07, 6.45) is 7.39. The van der Waals surface area contributed by atoms with Crippen LogP contribution in [0.5, 0.6) is 0 Å². The third kappa shape index (κ3) is 2.73. The number of piperidine rings is 1. The number of terminal acetylenes is 1. The van der Waals surface area contributed by atoms with Crippen LogP contribution in [0.4, 0.5) is 0 Å². The molecule has 1 aliphatic heterocycles. The summed E-state index contributed by atoms with van der Waals surface area (Å²) in [6, 6.07) is 9.91. The Kier molecular flexibility index (Phi) is 3.80. The standard InChI is InChI=1S/C16H17N3O/c1-2-10-19-11-8-14(9-12-19)16-17-15(18-20-16)13-6-4-3-5-7-13/h1,3-7,14H,8-12H2. The highest BCUT2D eigenvalue weighted by Crippen LogP contribution is 2.28. The fourth-order valence-corrected chi connectivity index (χ4v) is 2.57. The van der Waals surface area contributed by atoms with E-state index in [2.05, 4.69) is 21.0 Å².